The Hall–Kier alpha value is -3.50. The number of alkyl halides is 2. The number of esters is 1. The van der Waals surface area contributed by atoms with Gasteiger partial charge in [-0.15, -0.1) is 0 Å². The summed E-state index contributed by atoms with van der Waals surface area (Å²) in [5, 5.41) is 7.06. The van der Waals surface area contributed by atoms with E-state index in [1.807, 2.05) is 0 Å². The second-order valence-electron chi connectivity index (χ2n) is 8.27. The molecule has 1 aromatic rings. The molecule has 0 bridgehead atoms. The van der Waals surface area contributed by atoms with Crippen molar-refractivity contribution < 1.29 is 37.4 Å². The molecule has 1 aromatic carbocycles. The van der Waals surface area contributed by atoms with Crippen LogP contribution in [0.3, 0.4) is 0 Å². The molecule has 0 spiro atoms. The van der Waals surface area contributed by atoms with Crippen LogP contribution in [0.5, 0.6) is 0 Å². The number of benzene rings is 1. The number of alkyl carbamates (subject to hydrolysis) is 1. The van der Waals surface area contributed by atoms with E-state index >= 15 is 0 Å². The second kappa shape index (κ2) is 13.9. The van der Waals surface area contributed by atoms with Crippen molar-refractivity contribution in [3.05, 3.63) is 48.2 Å². The van der Waals surface area contributed by atoms with Crippen LogP contribution in [0.15, 0.2) is 42.6 Å². The predicted molar refractivity (Wildman–Crippen MR) is 120 cm³/mol. The highest BCUT2D eigenvalue weighted by Crippen LogP contribution is 2.09. The van der Waals surface area contributed by atoms with Gasteiger partial charge in [-0.3, -0.25) is 9.59 Å². The molecule has 9 nitrogen and oxygen atoms in total. The molecule has 3 N–H and O–H groups in total. The fourth-order valence-electron chi connectivity index (χ4n) is 2.68. The van der Waals surface area contributed by atoms with Crippen LogP contribution < -0.4 is 16.0 Å². The number of methoxy groups -OCH3 is 1. The number of hydrogen-bond acceptors (Lipinski definition) is 6. The molecule has 11 heteroatoms. The monoisotopic (exact) mass is 483 g/mol. The molecule has 0 saturated carbocycles. The van der Waals surface area contributed by atoms with Gasteiger partial charge >= 0.3 is 12.1 Å². The van der Waals surface area contributed by atoms with Crippen LogP contribution in [0, 0.1) is 0 Å². The van der Waals surface area contributed by atoms with Gasteiger partial charge in [-0.2, -0.15) is 0 Å². The first-order chi connectivity index (χ1) is 15.9. The van der Waals surface area contributed by atoms with Crippen molar-refractivity contribution in [1.82, 2.24) is 16.0 Å². The van der Waals surface area contributed by atoms with Crippen LogP contribution in [-0.2, 0) is 30.3 Å². The topological polar surface area (TPSA) is 123 Å². The van der Waals surface area contributed by atoms with E-state index in [0.29, 0.717) is 0 Å². The van der Waals surface area contributed by atoms with Crippen molar-refractivity contribution >= 4 is 23.9 Å². The molecular weight excluding hydrogens is 452 g/mol. The quantitative estimate of drug-likeness (QED) is 0.416. The van der Waals surface area contributed by atoms with Crippen molar-refractivity contribution in [2.75, 3.05) is 7.11 Å². The summed E-state index contributed by atoms with van der Waals surface area (Å²) in [6.07, 6.45) is -2.41. The summed E-state index contributed by atoms with van der Waals surface area (Å²) in [7, 11) is 1.17. The Morgan fingerprint density at radius 2 is 1.68 bits per heavy atom. The first kappa shape index (κ1) is 28.5. The largest absolute Gasteiger partial charge is 0.467 e. The smallest absolute Gasteiger partial charge is 0.408 e. The first-order valence-corrected chi connectivity index (χ1v) is 10.6. The number of hydrogen-bond donors (Lipinski definition) is 3. The van der Waals surface area contributed by atoms with Crippen LogP contribution in [0.4, 0.5) is 13.6 Å². The summed E-state index contributed by atoms with van der Waals surface area (Å²) < 4.78 is 34.3. The van der Waals surface area contributed by atoms with E-state index in [4.69, 9.17) is 9.47 Å². The Labute approximate surface area is 197 Å². The molecule has 1 rings (SSSR count). The van der Waals surface area contributed by atoms with Gasteiger partial charge in [0.15, 0.2) is 0 Å². The molecule has 0 saturated heterocycles. The summed E-state index contributed by atoms with van der Waals surface area (Å²) in [5.74, 6) is -2.27. The molecule has 34 heavy (non-hydrogen) atoms. The molecule has 0 aliphatic rings. The van der Waals surface area contributed by atoms with E-state index in [-0.39, 0.29) is 6.42 Å². The molecular formula is C23H31F2N3O6. The Morgan fingerprint density at radius 3 is 2.24 bits per heavy atom. The molecule has 2 atom stereocenters. The minimum Gasteiger partial charge on any atom is -0.467 e. The van der Waals surface area contributed by atoms with Crippen LogP contribution in [-0.4, -0.2) is 55.1 Å². The molecule has 0 fully saturated rings. The molecule has 188 valence electrons. The summed E-state index contributed by atoms with van der Waals surface area (Å²) in [6, 6.07) is 6.35. The lowest BCUT2D eigenvalue weighted by atomic mass is 10.0. The van der Waals surface area contributed by atoms with E-state index < -0.39 is 60.8 Å². The maximum Gasteiger partial charge on any atom is 0.408 e. The standard InChI is InChI=1S/C23H31F2N3O6/c1-23(2,3)34-22(32)28-16(14-19(29)26-12-8-11-18(24)25)20(30)27-17(21(31)33-4)13-15-9-6-5-7-10-15/h5-10,12,16-18H,11,13-14H2,1-4H3,(H,26,29)(H,27,30)(H,28,32)/b12-8-/t16-,17-/m0/s1. The van der Waals surface area contributed by atoms with Crippen LogP contribution in [0.2, 0.25) is 0 Å². The zero-order chi connectivity index (χ0) is 25.7. The van der Waals surface area contributed by atoms with Gasteiger partial charge in [0.1, 0.15) is 17.7 Å². The number of allylic oxidation sites excluding steroid dienone is 1. The molecule has 0 heterocycles. The summed E-state index contributed by atoms with van der Waals surface area (Å²) in [4.78, 5) is 49.6. The van der Waals surface area contributed by atoms with E-state index in [1.165, 1.54) is 7.11 Å². The Bertz CT molecular complexity index is 856. The van der Waals surface area contributed by atoms with Gasteiger partial charge in [0.2, 0.25) is 18.2 Å². The molecule has 0 aliphatic carbocycles. The molecule has 0 radical (unpaired) electrons. The third kappa shape index (κ3) is 11.9. The van der Waals surface area contributed by atoms with Crippen molar-refractivity contribution in [3.63, 3.8) is 0 Å². The average molecular weight is 484 g/mol. The Balaban J connectivity index is 2.96. The van der Waals surface area contributed by atoms with Crippen molar-refractivity contribution in [2.45, 2.75) is 64.1 Å². The van der Waals surface area contributed by atoms with Crippen LogP contribution in [0.25, 0.3) is 0 Å². The number of carbonyl (C=O) groups is 4. The van der Waals surface area contributed by atoms with Crippen molar-refractivity contribution in [3.8, 4) is 0 Å². The minimum absolute atomic E-state index is 0.112. The van der Waals surface area contributed by atoms with Crippen molar-refractivity contribution in [1.29, 1.82) is 0 Å². The maximum absolute atomic E-state index is 12.9. The highest BCUT2D eigenvalue weighted by molar-refractivity contribution is 5.93. The lowest BCUT2D eigenvalue weighted by molar-refractivity contribution is -0.145. The van der Waals surface area contributed by atoms with Gasteiger partial charge < -0.3 is 25.4 Å². The Morgan fingerprint density at radius 1 is 1.03 bits per heavy atom. The van der Waals surface area contributed by atoms with Gasteiger partial charge in [0.25, 0.3) is 0 Å². The number of ether oxygens (including phenoxy) is 2. The Kier molecular flexibility index (Phi) is 11.7. The van der Waals surface area contributed by atoms with E-state index in [0.717, 1.165) is 17.8 Å². The van der Waals surface area contributed by atoms with Gasteiger partial charge in [-0.25, -0.2) is 18.4 Å². The zero-order valence-electron chi connectivity index (χ0n) is 19.6. The lowest BCUT2D eigenvalue weighted by Gasteiger charge is -2.24. The molecule has 0 aliphatic heterocycles. The lowest BCUT2D eigenvalue weighted by Crippen LogP contribution is -2.54. The third-order valence-corrected chi connectivity index (χ3v) is 4.16. The minimum atomic E-state index is -2.57. The maximum atomic E-state index is 12.9. The normalized spacial score (nSPS) is 13.1. The van der Waals surface area contributed by atoms with Crippen LogP contribution in [0.1, 0.15) is 39.2 Å². The second-order valence-corrected chi connectivity index (χ2v) is 8.27. The number of rotatable bonds is 11. The number of nitrogens with one attached hydrogen (secondary N) is 3. The summed E-state index contributed by atoms with van der Waals surface area (Å²) >= 11 is 0. The summed E-state index contributed by atoms with van der Waals surface area (Å²) in [6.45, 7) is 4.86. The van der Waals surface area contributed by atoms with Gasteiger partial charge in [-0.05, 0) is 32.5 Å². The van der Waals surface area contributed by atoms with Crippen molar-refractivity contribution in [2.24, 2.45) is 0 Å². The molecule has 0 aromatic heterocycles. The van der Waals surface area contributed by atoms with Crippen LogP contribution >= 0.6 is 0 Å². The van der Waals surface area contributed by atoms with Gasteiger partial charge in [-0.1, -0.05) is 36.4 Å². The molecule has 0 unspecified atom stereocenters. The SMILES string of the molecule is COC(=O)[C@H](Cc1ccccc1)NC(=O)[C@H](CC(=O)N/C=C\CC(F)F)NC(=O)OC(C)(C)C. The highest BCUT2D eigenvalue weighted by atomic mass is 19.3. The van der Waals surface area contributed by atoms with E-state index in [2.05, 4.69) is 16.0 Å². The van der Waals surface area contributed by atoms with Gasteiger partial charge in [0, 0.05) is 12.8 Å². The predicted octanol–water partition coefficient (Wildman–Crippen LogP) is 2.46. The fourth-order valence-corrected chi connectivity index (χ4v) is 2.68. The zero-order valence-corrected chi connectivity index (χ0v) is 19.6. The summed E-state index contributed by atoms with van der Waals surface area (Å²) in [5.41, 5.74) is -0.121. The fraction of sp³-hybridized carbons (Fsp3) is 0.478. The number of halogens is 2. The number of carbonyl (C=O) groups excluding carboxylic acids is 4. The molecule has 3 amide bonds. The average Bonchev–Trinajstić information content (AvgIpc) is 2.74. The highest BCUT2D eigenvalue weighted by Gasteiger charge is 2.30. The van der Waals surface area contributed by atoms with Gasteiger partial charge in [0.05, 0.1) is 13.5 Å². The van der Waals surface area contributed by atoms with E-state index in [9.17, 15) is 28.0 Å². The first-order valence-electron chi connectivity index (χ1n) is 10.6. The number of amides is 3. The third-order valence-electron chi connectivity index (χ3n) is 4.16. The van der Waals surface area contributed by atoms with E-state index in [1.54, 1.807) is 51.1 Å².